The van der Waals surface area contributed by atoms with Crippen molar-refractivity contribution in [2.75, 3.05) is 5.75 Å². The average molecular weight is 326 g/mol. The third kappa shape index (κ3) is 3.22. The lowest BCUT2D eigenvalue weighted by atomic mass is 10.2. The summed E-state index contributed by atoms with van der Waals surface area (Å²) in [5.41, 5.74) is 3.84. The summed E-state index contributed by atoms with van der Waals surface area (Å²) < 4.78 is 2.11. The molecule has 5 nitrogen and oxygen atoms in total. The molecule has 0 bridgehead atoms. The molecule has 1 N–H and O–H groups in total. The van der Waals surface area contributed by atoms with Gasteiger partial charge in [-0.2, -0.15) is 0 Å². The summed E-state index contributed by atoms with van der Waals surface area (Å²) in [6, 6.07) is 12.0. The number of para-hydroxylation sites is 1. The Morgan fingerprint density at radius 2 is 1.96 bits per heavy atom. The summed E-state index contributed by atoms with van der Waals surface area (Å²) in [7, 11) is 0. The third-order valence-electron chi connectivity index (χ3n) is 3.65. The monoisotopic (exact) mass is 326 g/mol. The van der Waals surface area contributed by atoms with Crippen LogP contribution in [-0.2, 0) is 0 Å². The van der Waals surface area contributed by atoms with Crippen LogP contribution in [0.25, 0.3) is 5.69 Å². The van der Waals surface area contributed by atoms with E-state index in [9.17, 15) is 4.79 Å². The van der Waals surface area contributed by atoms with Gasteiger partial charge in [0.15, 0.2) is 5.78 Å². The second kappa shape index (κ2) is 6.42. The number of aromatic amines is 1. The van der Waals surface area contributed by atoms with E-state index in [4.69, 9.17) is 0 Å². The highest BCUT2D eigenvalue weighted by molar-refractivity contribution is 7.99. The highest BCUT2D eigenvalue weighted by Gasteiger charge is 2.17. The Morgan fingerprint density at radius 3 is 2.61 bits per heavy atom. The van der Waals surface area contributed by atoms with E-state index in [-0.39, 0.29) is 5.78 Å². The number of benzene rings is 1. The second-order valence-corrected chi connectivity index (χ2v) is 6.31. The highest BCUT2D eigenvalue weighted by Crippen LogP contribution is 2.23. The first-order chi connectivity index (χ1) is 11.1. The Balaban J connectivity index is 1.82. The zero-order valence-corrected chi connectivity index (χ0v) is 14.1. The van der Waals surface area contributed by atoms with Crippen molar-refractivity contribution in [1.29, 1.82) is 0 Å². The molecule has 0 unspecified atom stereocenters. The maximum Gasteiger partial charge on any atom is 0.208 e. The van der Waals surface area contributed by atoms with Gasteiger partial charge in [-0.1, -0.05) is 30.0 Å². The molecule has 2 heterocycles. The van der Waals surface area contributed by atoms with Gasteiger partial charge in [0.1, 0.15) is 5.82 Å². The molecule has 0 aliphatic rings. The van der Waals surface area contributed by atoms with Crippen LogP contribution in [0.2, 0.25) is 0 Å². The molecular formula is C17H18N4OS. The Bertz CT molecular complexity index is 836. The van der Waals surface area contributed by atoms with Crippen molar-refractivity contribution in [2.24, 2.45) is 0 Å². The molecule has 0 spiro atoms. The normalized spacial score (nSPS) is 10.9. The number of Topliss-reactive ketones (excluding diaryl/α,β-unsaturated/α-hetero) is 1. The summed E-state index contributed by atoms with van der Waals surface area (Å²) in [6.07, 6.45) is 0. The minimum Gasteiger partial charge on any atom is -0.318 e. The van der Waals surface area contributed by atoms with E-state index < -0.39 is 0 Å². The number of hydrogen-bond donors (Lipinski definition) is 1. The number of H-pyrrole nitrogens is 1. The maximum atomic E-state index is 12.5. The van der Waals surface area contributed by atoms with Crippen molar-refractivity contribution >= 4 is 17.5 Å². The third-order valence-corrected chi connectivity index (χ3v) is 4.50. The Kier molecular flexibility index (Phi) is 4.34. The number of aryl methyl sites for hydroxylation is 2. The van der Waals surface area contributed by atoms with Crippen LogP contribution < -0.4 is 0 Å². The Morgan fingerprint density at radius 1 is 1.22 bits per heavy atom. The number of carbonyl (C=O) groups excluding carboxylic acids is 1. The molecule has 23 heavy (non-hydrogen) atoms. The molecule has 6 heteroatoms. The number of hydrogen-bond acceptors (Lipinski definition) is 4. The van der Waals surface area contributed by atoms with Crippen molar-refractivity contribution in [1.82, 2.24) is 19.7 Å². The van der Waals surface area contributed by atoms with Crippen molar-refractivity contribution in [2.45, 2.75) is 25.9 Å². The van der Waals surface area contributed by atoms with E-state index in [1.807, 2.05) is 57.2 Å². The van der Waals surface area contributed by atoms with Gasteiger partial charge in [0.05, 0.1) is 5.75 Å². The molecule has 0 saturated heterocycles. The van der Waals surface area contributed by atoms with Crippen LogP contribution in [0.3, 0.4) is 0 Å². The fraction of sp³-hybridized carbons (Fsp3) is 0.235. The van der Waals surface area contributed by atoms with Crippen molar-refractivity contribution < 1.29 is 4.79 Å². The van der Waals surface area contributed by atoms with Gasteiger partial charge in [0.2, 0.25) is 5.16 Å². The van der Waals surface area contributed by atoms with Gasteiger partial charge in [0, 0.05) is 22.6 Å². The van der Waals surface area contributed by atoms with Crippen LogP contribution in [0.5, 0.6) is 0 Å². The zero-order chi connectivity index (χ0) is 16.4. The SMILES string of the molecule is Cc1nc(SCC(=O)c2cc(C)n(-c3ccccc3)c2C)n[nH]1. The van der Waals surface area contributed by atoms with Crippen LogP contribution in [0, 0.1) is 20.8 Å². The van der Waals surface area contributed by atoms with Crippen LogP contribution in [0.1, 0.15) is 27.6 Å². The van der Waals surface area contributed by atoms with Gasteiger partial charge in [-0.05, 0) is 39.0 Å². The van der Waals surface area contributed by atoms with Gasteiger partial charge in [0.25, 0.3) is 0 Å². The topological polar surface area (TPSA) is 63.6 Å². The molecule has 3 rings (SSSR count). The number of nitrogens with zero attached hydrogens (tertiary/aromatic N) is 3. The highest BCUT2D eigenvalue weighted by atomic mass is 32.2. The smallest absolute Gasteiger partial charge is 0.208 e. The van der Waals surface area contributed by atoms with Crippen molar-refractivity contribution in [3.63, 3.8) is 0 Å². The molecule has 0 fully saturated rings. The van der Waals surface area contributed by atoms with Crippen LogP contribution in [-0.4, -0.2) is 31.3 Å². The fourth-order valence-electron chi connectivity index (χ4n) is 2.61. The van der Waals surface area contributed by atoms with Crippen LogP contribution in [0.15, 0.2) is 41.6 Å². The molecule has 3 aromatic rings. The first kappa shape index (κ1) is 15.6. The lowest BCUT2D eigenvalue weighted by molar-refractivity contribution is 0.102. The summed E-state index contributed by atoms with van der Waals surface area (Å²) in [5, 5.41) is 7.43. The first-order valence-electron chi connectivity index (χ1n) is 7.35. The Labute approximate surface area is 139 Å². The number of thioether (sulfide) groups is 1. The fourth-order valence-corrected chi connectivity index (χ4v) is 3.34. The molecule has 1 aromatic carbocycles. The van der Waals surface area contributed by atoms with E-state index in [1.54, 1.807) is 0 Å². The van der Waals surface area contributed by atoms with Crippen LogP contribution >= 0.6 is 11.8 Å². The van der Waals surface area contributed by atoms with Crippen LogP contribution in [0.4, 0.5) is 0 Å². The van der Waals surface area contributed by atoms with Gasteiger partial charge in [-0.25, -0.2) is 4.98 Å². The van der Waals surface area contributed by atoms with E-state index >= 15 is 0 Å². The minimum atomic E-state index is 0.0905. The van der Waals surface area contributed by atoms with E-state index in [0.29, 0.717) is 10.9 Å². The van der Waals surface area contributed by atoms with Gasteiger partial charge >= 0.3 is 0 Å². The minimum absolute atomic E-state index is 0.0905. The molecule has 118 valence electrons. The number of aromatic nitrogens is 4. The molecule has 2 aromatic heterocycles. The molecule has 0 amide bonds. The number of nitrogens with one attached hydrogen (secondary N) is 1. The summed E-state index contributed by atoms with van der Waals surface area (Å²) in [5.74, 6) is 1.17. The van der Waals surface area contributed by atoms with Gasteiger partial charge in [-0.3, -0.25) is 9.89 Å². The van der Waals surface area contributed by atoms with E-state index in [0.717, 1.165) is 28.5 Å². The molecule has 0 saturated carbocycles. The summed E-state index contributed by atoms with van der Waals surface area (Å²) in [4.78, 5) is 16.8. The van der Waals surface area contributed by atoms with Gasteiger partial charge in [-0.15, -0.1) is 5.10 Å². The second-order valence-electron chi connectivity index (χ2n) is 5.37. The summed E-state index contributed by atoms with van der Waals surface area (Å²) >= 11 is 1.35. The maximum absolute atomic E-state index is 12.5. The molecule has 0 atom stereocenters. The Hall–Kier alpha value is -2.34. The quantitative estimate of drug-likeness (QED) is 0.576. The van der Waals surface area contributed by atoms with Crippen molar-refractivity contribution in [3.8, 4) is 5.69 Å². The molecule has 0 aliphatic carbocycles. The molecular weight excluding hydrogens is 308 g/mol. The standard InChI is InChI=1S/C17H18N4OS/c1-11-9-15(12(2)21(11)14-7-5-4-6-8-14)16(22)10-23-17-18-13(3)19-20-17/h4-9H,10H2,1-3H3,(H,18,19,20). The number of ketones is 1. The lowest BCUT2D eigenvalue weighted by Gasteiger charge is -2.09. The van der Waals surface area contributed by atoms with E-state index in [1.165, 1.54) is 11.8 Å². The zero-order valence-electron chi connectivity index (χ0n) is 13.3. The average Bonchev–Trinajstić information content (AvgIpc) is 3.09. The predicted octanol–water partition coefficient (Wildman–Crippen LogP) is 3.50. The molecule has 0 aliphatic heterocycles. The molecule has 0 radical (unpaired) electrons. The largest absolute Gasteiger partial charge is 0.318 e. The predicted molar refractivity (Wildman–Crippen MR) is 91.4 cm³/mol. The summed E-state index contributed by atoms with van der Waals surface area (Å²) in [6.45, 7) is 5.84. The first-order valence-corrected chi connectivity index (χ1v) is 8.34. The van der Waals surface area contributed by atoms with E-state index in [2.05, 4.69) is 19.7 Å². The lowest BCUT2D eigenvalue weighted by Crippen LogP contribution is -2.05. The van der Waals surface area contributed by atoms with Crippen molar-refractivity contribution in [3.05, 3.63) is 59.2 Å². The number of rotatable bonds is 5. The van der Waals surface area contributed by atoms with Gasteiger partial charge < -0.3 is 4.57 Å². The number of carbonyl (C=O) groups is 1.